The molecule has 1 atom stereocenters. The Morgan fingerprint density at radius 1 is 0.951 bits per heavy atom. The number of rotatable bonds is 11. The van der Waals surface area contributed by atoms with Crippen molar-refractivity contribution in [2.45, 2.75) is 95.4 Å². The Morgan fingerprint density at radius 3 is 2.38 bits per heavy atom. The van der Waals surface area contributed by atoms with Crippen molar-refractivity contribution in [3.8, 4) is 0 Å². The highest BCUT2D eigenvalue weighted by Crippen LogP contribution is 2.42. The van der Waals surface area contributed by atoms with Crippen LogP contribution in [-0.2, 0) is 16.6 Å². The number of carbonyl (C=O) groups excluding carboxylic acids is 4. The number of piperidine rings is 2. The largest absolute Gasteiger partial charge is 0.433 e. The Kier molecular flexibility index (Phi) is 12.0. The van der Waals surface area contributed by atoms with Crippen LogP contribution in [0.15, 0.2) is 48.5 Å². The lowest BCUT2D eigenvalue weighted by Gasteiger charge is -2.37. The van der Waals surface area contributed by atoms with Gasteiger partial charge in [0.1, 0.15) is 11.4 Å². The molecule has 5 heterocycles. The maximum Gasteiger partial charge on any atom is 0.433 e. The van der Waals surface area contributed by atoms with E-state index in [2.05, 4.69) is 25.4 Å². The summed E-state index contributed by atoms with van der Waals surface area (Å²) in [6.45, 7) is 7.43. The monoisotopic (exact) mass is 859 g/mol. The van der Waals surface area contributed by atoms with Gasteiger partial charge in [0.15, 0.2) is 0 Å². The Balaban J connectivity index is 0.820. The predicted octanol–water partition coefficient (Wildman–Crippen LogP) is 7.58. The summed E-state index contributed by atoms with van der Waals surface area (Å²) in [7, 11) is 1.99. The number of aromatic nitrogens is 2. The molecule has 324 valence electrons. The Morgan fingerprint density at radius 2 is 1.69 bits per heavy atom. The first-order chi connectivity index (χ1) is 29.0. The number of aliphatic hydroxyl groups is 1. The Labute approximate surface area is 356 Å². The SMILES string of the molecule is CN(CCC1CCN(CC2CCC(c3nc4cc(C(C)(C)O)c(NC(=O)c5cccc(C(F)(F)F)n5)cc4s3)CC2)CC1)c1cccc2c1C(=O)N(C1CCC(=O)NC1)C2=O. The Hall–Kier alpha value is -4.93. The number of benzene rings is 2. The minimum atomic E-state index is -4.69. The molecule has 4 amide bonds. The van der Waals surface area contributed by atoms with Crippen molar-refractivity contribution >= 4 is 56.6 Å². The molecule has 3 aliphatic heterocycles. The van der Waals surface area contributed by atoms with Gasteiger partial charge >= 0.3 is 6.18 Å². The van der Waals surface area contributed by atoms with E-state index < -0.39 is 23.4 Å². The molecule has 0 radical (unpaired) electrons. The molecule has 2 aromatic carbocycles. The van der Waals surface area contributed by atoms with Gasteiger partial charge in [0.2, 0.25) is 5.91 Å². The number of alkyl halides is 3. The number of hydrogen-bond acceptors (Lipinski definition) is 10. The highest BCUT2D eigenvalue weighted by atomic mass is 32.1. The van der Waals surface area contributed by atoms with Gasteiger partial charge in [-0.25, -0.2) is 9.97 Å². The van der Waals surface area contributed by atoms with Crippen LogP contribution in [-0.4, -0.2) is 94.3 Å². The number of nitrogens with one attached hydrogen (secondary N) is 2. The number of fused-ring (bicyclic) bond motifs is 2. The quantitative estimate of drug-likeness (QED) is 0.130. The lowest BCUT2D eigenvalue weighted by molar-refractivity contribution is -0.141. The van der Waals surface area contributed by atoms with E-state index in [9.17, 15) is 37.5 Å². The third kappa shape index (κ3) is 9.17. The topological polar surface area (TPSA) is 148 Å². The minimum absolute atomic E-state index is 0.0546. The maximum atomic E-state index is 13.6. The molecule has 16 heteroatoms. The average Bonchev–Trinajstić information content (AvgIpc) is 3.77. The van der Waals surface area contributed by atoms with Crippen molar-refractivity contribution in [1.29, 1.82) is 0 Å². The van der Waals surface area contributed by atoms with Crippen LogP contribution in [0.3, 0.4) is 0 Å². The summed E-state index contributed by atoms with van der Waals surface area (Å²) in [5.41, 5.74) is 0.197. The summed E-state index contributed by atoms with van der Waals surface area (Å²) in [6.07, 6.45) is 3.56. The number of imide groups is 1. The van der Waals surface area contributed by atoms with Gasteiger partial charge < -0.3 is 25.5 Å². The Bertz CT molecular complexity index is 2320. The first-order valence-electron chi connectivity index (χ1n) is 21.3. The van der Waals surface area contributed by atoms with E-state index in [0.717, 1.165) is 98.7 Å². The highest BCUT2D eigenvalue weighted by Gasteiger charge is 2.43. The van der Waals surface area contributed by atoms with Gasteiger partial charge in [0.05, 0.1) is 43.7 Å². The van der Waals surface area contributed by atoms with Gasteiger partial charge in [-0.3, -0.25) is 24.1 Å². The maximum absolute atomic E-state index is 13.6. The van der Waals surface area contributed by atoms with Crippen LogP contribution < -0.4 is 15.5 Å². The number of anilines is 2. The highest BCUT2D eigenvalue weighted by molar-refractivity contribution is 7.18. The minimum Gasteiger partial charge on any atom is -0.386 e. The summed E-state index contributed by atoms with van der Waals surface area (Å²) in [5.74, 6) is 0.0616. The van der Waals surface area contributed by atoms with Gasteiger partial charge in [-0.2, -0.15) is 13.2 Å². The number of nitrogens with zero attached hydrogens (tertiary/aromatic N) is 5. The summed E-state index contributed by atoms with van der Waals surface area (Å²) in [4.78, 5) is 66.3. The number of carbonyl (C=O) groups is 4. The molecule has 4 aromatic rings. The molecule has 0 spiro atoms. The molecular weight excluding hydrogens is 808 g/mol. The zero-order chi connectivity index (χ0) is 43.2. The van der Waals surface area contributed by atoms with Gasteiger partial charge in [0, 0.05) is 50.3 Å². The molecule has 0 bridgehead atoms. The summed E-state index contributed by atoms with van der Waals surface area (Å²) in [6, 6.07) is 11.8. The fourth-order valence-electron chi connectivity index (χ4n) is 9.47. The van der Waals surface area contributed by atoms with E-state index in [-0.39, 0.29) is 36.0 Å². The molecule has 1 unspecified atom stereocenters. The van der Waals surface area contributed by atoms with E-state index in [1.807, 2.05) is 19.2 Å². The molecule has 1 aliphatic carbocycles. The molecule has 3 N–H and O–H groups in total. The van der Waals surface area contributed by atoms with E-state index >= 15 is 0 Å². The smallest absolute Gasteiger partial charge is 0.386 e. The van der Waals surface area contributed by atoms with Crippen molar-refractivity contribution in [3.05, 3.63) is 81.6 Å². The fraction of sp³-hybridized carbons (Fsp3) is 0.511. The summed E-state index contributed by atoms with van der Waals surface area (Å²) in [5, 5.41) is 17.5. The van der Waals surface area contributed by atoms with Gasteiger partial charge in [0.25, 0.3) is 17.7 Å². The number of hydrogen-bond donors (Lipinski definition) is 3. The summed E-state index contributed by atoms with van der Waals surface area (Å²) < 4.78 is 40.6. The zero-order valence-electron chi connectivity index (χ0n) is 34.7. The number of thiazole rings is 1. The van der Waals surface area contributed by atoms with E-state index in [0.29, 0.717) is 58.5 Å². The lowest BCUT2D eigenvalue weighted by atomic mass is 9.81. The van der Waals surface area contributed by atoms with E-state index in [1.165, 1.54) is 11.0 Å². The second kappa shape index (κ2) is 17.1. The number of pyridine rings is 1. The molecule has 4 aliphatic rings. The van der Waals surface area contributed by atoms with Crippen molar-refractivity contribution in [2.24, 2.45) is 11.8 Å². The van der Waals surface area contributed by atoms with Crippen molar-refractivity contribution in [3.63, 3.8) is 0 Å². The zero-order valence-corrected chi connectivity index (χ0v) is 35.5. The van der Waals surface area contributed by atoms with Crippen LogP contribution in [0, 0.1) is 11.8 Å². The molecule has 3 fully saturated rings. The number of halogens is 3. The number of likely N-dealkylation sites (tertiary alicyclic amines) is 1. The molecule has 2 saturated heterocycles. The van der Waals surface area contributed by atoms with Gasteiger partial charge in [-0.15, -0.1) is 11.3 Å². The van der Waals surface area contributed by atoms with Crippen molar-refractivity contribution < 1.29 is 37.5 Å². The number of amides is 4. The molecule has 1 saturated carbocycles. The predicted molar refractivity (Wildman–Crippen MR) is 227 cm³/mol. The second-order valence-corrected chi connectivity index (χ2v) is 18.7. The molecule has 2 aromatic heterocycles. The van der Waals surface area contributed by atoms with Crippen LogP contribution in [0.25, 0.3) is 10.2 Å². The third-order valence-electron chi connectivity index (χ3n) is 13.0. The van der Waals surface area contributed by atoms with E-state index in [4.69, 9.17) is 4.98 Å². The standard InChI is InChI=1S/C45H52F3N7O5S/c1-44(2,60)31-22-34-36(23-33(31)51-40(57)32-7-5-9-37(50-32)45(46,47)48)61-41(52-34)28-12-10-27(11-13-28)25-54-20-17-26(18-21-54)16-19-53(3)35-8-4-6-30-39(35)43(59)55(42(30)58)29-14-15-38(56)49-24-29/h4-9,22-23,26-29,60H,10-21,24-25H2,1-3H3,(H,49,56)(H,51,57). The lowest BCUT2D eigenvalue weighted by Crippen LogP contribution is -2.50. The van der Waals surface area contributed by atoms with Crippen LogP contribution in [0.4, 0.5) is 24.5 Å². The van der Waals surface area contributed by atoms with Crippen LogP contribution >= 0.6 is 11.3 Å². The van der Waals surface area contributed by atoms with Crippen LogP contribution in [0.2, 0.25) is 0 Å². The molecule has 61 heavy (non-hydrogen) atoms. The third-order valence-corrected chi connectivity index (χ3v) is 14.1. The van der Waals surface area contributed by atoms with Crippen LogP contribution in [0.1, 0.15) is 125 Å². The first-order valence-corrected chi connectivity index (χ1v) is 22.1. The summed E-state index contributed by atoms with van der Waals surface area (Å²) >= 11 is 1.55. The molecule has 8 rings (SSSR count). The van der Waals surface area contributed by atoms with Gasteiger partial charge in [-0.1, -0.05) is 12.1 Å². The second-order valence-electron chi connectivity index (χ2n) is 17.7. The molecular formula is C45H52F3N7O5S. The van der Waals surface area contributed by atoms with Gasteiger partial charge in [-0.05, 0) is 127 Å². The normalized spacial score (nSPS) is 21.8. The fourth-order valence-corrected chi connectivity index (χ4v) is 10.6. The average molecular weight is 860 g/mol. The van der Waals surface area contributed by atoms with Crippen molar-refractivity contribution in [1.82, 2.24) is 25.1 Å². The van der Waals surface area contributed by atoms with Crippen molar-refractivity contribution in [2.75, 3.05) is 50.0 Å². The first kappa shape index (κ1) is 42.7. The molecule has 12 nitrogen and oxygen atoms in total. The van der Waals surface area contributed by atoms with E-state index in [1.54, 1.807) is 43.4 Å². The van der Waals surface area contributed by atoms with Crippen LogP contribution in [0.5, 0.6) is 0 Å².